The highest BCUT2D eigenvalue weighted by Gasteiger charge is 2.50. The van der Waals surface area contributed by atoms with Crippen LogP contribution in [0, 0.1) is 5.92 Å². The average molecular weight is 1900 g/mol. The van der Waals surface area contributed by atoms with Gasteiger partial charge in [0.15, 0.2) is 42.3 Å². The Labute approximate surface area is 771 Å². The molecular weight excluding hydrogens is 1790 g/mol. The second-order valence-corrected chi connectivity index (χ2v) is 35.0. The highest BCUT2D eigenvalue weighted by molar-refractivity contribution is 6.32. The Morgan fingerprint density at radius 2 is 1.26 bits per heavy atom. The van der Waals surface area contributed by atoms with Gasteiger partial charge in [-0.05, 0) is 166 Å². The number of rotatable bonds is 31. The molecule has 7 aromatic rings. The number of amides is 7. The zero-order valence-corrected chi connectivity index (χ0v) is 75.1. The minimum atomic E-state index is -2.45. The standard InChI is InChI=1S/C90H107Cl3N10O29/c1-10-64(108)90(8,95)34-66(110)131-76-46-19-24-59(53(93)28-46)129-61-30-47-29-60(77(61)132-88-78(75(113)74(112)63(36-104)130-88)127-40(5)126-39(4)79(114)89(6,7)97-35-62(86(121)122)125-37-41-11-13-42(14-12-41)43-15-20-48(91)21-16-43)128-58-23-18-45(27-52(58)92)73(111)71(102-80(115)54(96-9)25-38(2)3)84(119)98-55(33-65(94)109)81(116)99-69(47)83(118)100-68-44-17-22-56(106)50(26-44)67-51(31-49(105)32-57(67)107)70(87(123)124)101-85(120)72(76)103-82(68)117/h11-24,26-32,38-40,54-55,62-64,66,68-76,78-79,88,96-97,104-108,110-114H,10,25,33-37,95H2,1-9H3,(H2,94,109)(H,98,119)(H,99,116)(H,100,118)(H,101,120)(H,102,115)(H,103,117)(H,121,122)(H,123,124)/t39?,40?,54-,55+,62?,63?,64?,66?,68?,69-,70-,71?,72+,73-,74?,75?,76-,78?,79?,88?,90?/m1/s1. The molecule has 6 aliphatic rings. The molecule has 132 heavy (non-hydrogen) atoms. The molecule has 13 rings (SSSR count). The fourth-order valence-electron chi connectivity index (χ4n) is 15.7. The lowest BCUT2D eigenvalue weighted by atomic mass is 9.89. The van der Waals surface area contributed by atoms with Gasteiger partial charge in [-0.1, -0.05) is 110 Å². The molecule has 14 unspecified atom stereocenters. The van der Waals surface area contributed by atoms with E-state index < -0.39 is 290 Å². The maximum atomic E-state index is 16.5. The first-order valence-corrected chi connectivity index (χ1v) is 43.2. The number of likely N-dealkylation sites (N-methyl/N-ethyl adjacent to an activating group) is 1. The molecule has 0 aliphatic carbocycles. The van der Waals surface area contributed by atoms with Gasteiger partial charge in [-0.25, -0.2) is 9.59 Å². The summed E-state index contributed by atoms with van der Waals surface area (Å²) in [5.41, 5.74) is 8.52. The number of carboxylic acids is 2. The Balaban J connectivity index is 1.08. The summed E-state index contributed by atoms with van der Waals surface area (Å²) in [5, 5.41) is 159. The quantitative estimate of drug-likeness (QED) is 0.0264. The van der Waals surface area contributed by atoms with E-state index in [-0.39, 0.29) is 43.0 Å². The molecule has 11 bridgehead atoms. The Morgan fingerprint density at radius 3 is 1.85 bits per heavy atom. The predicted molar refractivity (Wildman–Crippen MR) is 471 cm³/mol. The summed E-state index contributed by atoms with van der Waals surface area (Å²) in [6.45, 7) is 10.9. The SMILES string of the molecule is CCC(O)C(C)(N)CC(O)O[C@@H]1c2ccc(c(Cl)c2)Oc2cc3cc(c2OC2OC(CO)C(O)C(O)C2OC(C)OC(C)C(O)C(C)(C)NCC(OCc2ccc(-c4ccc(Cl)cc4)cc2)C(=O)O)Oc2ccc(cc2Cl)[C@@H](O)C(NC(=O)[C@@H](CC(C)C)NC)C(=O)N[C@@H](CC(N)=O)C(=O)N[C@H]3C(=O)NC2C(=O)N[C@@H]1C(=O)N[C@@H](C(=O)O)c1cc(O)cc(O)c1-c1cc2ccc1O. The number of fused-ring (bicyclic) bond motifs is 15. The van der Waals surface area contributed by atoms with Gasteiger partial charge < -0.3 is 153 Å². The third-order valence-electron chi connectivity index (χ3n) is 23.0. The number of nitrogens with two attached hydrogens (primary N) is 2. The van der Waals surface area contributed by atoms with Crippen LogP contribution < -0.4 is 68.2 Å². The van der Waals surface area contributed by atoms with E-state index in [0.717, 1.165) is 83.9 Å². The van der Waals surface area contributed by atoms with Crippen molar-refractivity contribution in [3.05, 3.63) is 176 Å². The molecule has 1 saturated heterocycles. The molecule has 24 N–H and O–H groups in total. The molecule has 6 heterocycles. The number of carbonyl (C=O) groups excluding carboxylic acids is 7. The Bertz CT molecular complexity index is 5390. The van der Waals surface area contributed by atoms with Crippen LogP contribution in [-0.4, -0.2) is 238 Å². The largest absolute Gasteiger partial charge is 0.508 e. The molecule has 0 radical (unpaired) electrons. The first-order chi connectivity index (χ1) is 62.3. The fourth-order valence-corrected chi connectivity index (χ4v) is 16.3. The average Bonchev–Trinajstić information content (AvgIpc) is 0.759. The molecule has 21 atom stereocenters. The lowest BCUT2D eigenvalue weighted by molar-refractivity contribution is -0.320. The van der Waals surface area contributed by atoms with Crippen molar-refractivity contribution in [2.45, 2.75) is 221 Å². The van der Waals surface area contributed by atoms with Gasteiger partial charge in [0.2, 0.25) is 53.4 Å². The number of carbonyl (C=O) groups is 9. The molecular formula is C90H107Cl3N10O29. The molecule has 0 aromatic heterocycles. The number of phenolic OH excluding ortho intramolecular Hbond substituents is 3. The number of ether oxygens (including phenoxy) is 8. The number of primary amides is 1. The Hall–Kier alpha value is -11.2. The number of aliphatic hydroxyl groups excluding tert-OH is 7. The summed E-state index contributed by atoms with van der Waals surface area (Å²) >= 11 is 20.6. The van der Waals surface area contributed by atoms with Crippen LogP contribution in [0.4, 0.5) is 0 Å². The zero-order chi connectivity index (χ0) is 96.6. The van der Waals surface area contributed by atoms with Crippen LogP contribution in [0.5, 0.6) is 46.0 Å². The van der Waals surface area contributed by atoms with Crippen molar-refractivity contribution in [2.75, 3.05) is 20.2 Å². The van der Waals surface area contributed by atoms with E-state index in [0.29, 0.717) is 10.6 Å². The summed E-state index contributed by atoms with van der Waals surface area (Å²) in [5.74, 6) is -18.3. The predicted octanol–water partition coefficient (Wildman–Crippen LogP) is 4.58. The lowest BCUT2D eigenvalue weighted by Gasteiger charge is -2.43. The van der Waals surface area contributed by atoms with Gasteiger partial charge >= 0.3 is 11.9 Å². The van der Waals surface area contributed by atoms with Crippen molar-refractivity contribution in [3.8, 4) is 68.2 Å². The van der Waals surface area contributed by atoms with Gasteiger partial charge in [-0.2, -0.15) is 0 Å². The van der Waals surface area contributed by atoms with Gasteiger partial charge in [-0.3, -0.25) is 33.6 Å². The van der Waals surface area contributed by atoms with E-state index in [1.165, 1.54) is 33.9 Å². The summed E-state index contributed by atoms with van der Waals surface area (Å²) in [4.78, 5) is 133. The Morgan fingerprint density at radius 1 is 0.659 bits per heavy atom. The number of benzene rings is 7. The van der Waals surface area contributed by atoms with Gasteiger partial charge in [0.05, 0.1) is 54.0 Å². The topological polar surface area (TPSA) is 619 Å². The fraction of sp³-hybridized carbons (Fsp3) is 0.433. The zero-order valence-electron chi connectivity index (χ0n) is 72.8. The van der Waals surface area contributed by atoms with Gasteiger partial charge in [-0.15, -0.1) is 0 Å². The maximum absolute atomic E-state index is 16.5. The summed E-state index contributed by atoms with van der Waals surface area (Å²) in [6, 6.07) is 12.9. The molecule has 0 saturated carbocycles. The summed E-state index contributed by atoms with van der Waals surface area (Å²) in [7, 11) is 1.46. The monoisotopic (exact) mass is 1900 g/mol. The van der Waals surface area contributed by atoms with Crippen molar-refractivity contribution in [3.63, 3.8) is 0 Å². The second kappa shape index (κ2) is 43.2. The van der Waals surface area contributed by atoms with Gasteiger partial charge in [0, 0.05) is 51.8 Å². The maximum Gasteiger partial charge on any atom is 0.334 e. The van der Waals surface area contributed by atoms with Crippen LogP contribution in [0.2, 0.25) is 15.1 Å². The van der Waals surface area contributed by atoms with Crippen LogP contribution in [0.15, 0.2) is 127 Å². The number of aromatic hydroxyl groups is 3. The van der Waals surface area contributed by atoms with Crippen molar-refractivity contribution in [1.29, 1.82) is 0 Å². The Kier molecular flexibility index (Phi) is 33.2. The first-order valence-electron chi connectivity index (χ1n) is 42.0. The van der Waals surface area contributed by atoms with Gasteiger partial charge in [0.1, 0.15) is 89.5 Å². The number of hydrogen-bond acceptors (Lipinski definition) is 30. The van der Waals surface area contributed by atoms with E-state index >= 15 is 24.0 Å². The molecule has 7 amide bonds. The second-order valence-electron chi connectivity index (χ2n) is 33.8. The van der Waals surface area contributed by atoms with Crippen LogP contribution in [-0.2, 0) is 73.4 Å². The number of carboxylic acid groups (broad SMARTS) is 2. The minimum Gasteiger partial charge on any atom is -0.508 e. The van der Waals surface area contributed by atoms with E-state index in [1.54, 1.807) is 58.9 Å². The highest BCUT2D eigenvalue weighted by atomic mass is 35.5. The van der Waals surface area contributed by atoms with E-state index in [4.69, 9.17) is 84.2 Å². The first kappa shape index (κ1) is 101. The van der Waals surface area contributed by atoms with Crippen LogP contribution in [0.25, 0.3) is 22.3 Å². The van der Waals surface area contributed by atoms with Crippen LogP contribution >= 0.6 is 34.8 Å². The smallest absolute Gasteiger partial charge is 0.334 e. The van der Waals surface area contributed by atoms with Crippen molar-refractivity contribution in [2.24, 2.45) is 17.4 Å². The molecule has 39 nitrogen and oxygen atoms in total. The lowest BCUT2D eigenvalue weighted by Crippen LogP contribution is -2.62. The number of phenols is 3. The summed E-state index contributed by atoms with van der Waals surface area (Å²) < 4.78 is 51.5. The number of hydrogen-bond donors (Lipinski definition) is 22. The van der Waals surface area contributed by atoms with Crippen molar-refractivity contribution >= 4 is 88.1 Å². The molecule has 0 spiro atoms. The van der Waals surface area contributed by atoms with E-state index in [2.05, 4.69) is 42.5 Å². The third kappa shape index (κ3) is 24.1. The number of aliphatic carboxylic acids is 2. The highest BCUT2D eigenvalue weighted by Crippen LogP contribution is 2.50. The molecule has 7 aromatic carbocycles. The number of aliphatic hydroxyl groups is 7. The number of nitrogens with one attached hydrogen (secondary N) is 8. The van der Waals surface area contributed by atoms with Crippen LogP contribution in [0.3, 0.4) is 0 Å². The normalized spacial score (nSPS) is 23.9. The van der Waals surface area contributed by atoms with Crippen LogP contribution in [0.1, 0.15) is 145 Å². The molecule has 6 aliphatic heterocycles. The minimum absolute atomic E-state index is 0.0249. The van der Waals surface area contributed by atoms with E-state index in [1.807, 2.05) is 24.3 Å². The van der Waals surface area contributed by atoms with E-state index in [9.17, 15) is 80.5 Å². The molecule has 712 valence electrons. The van der Waals surface area contributed by atoms with Crippen molar-refractivity contribution < 1.29 is 142 Å². The summed E-state index contributed by atoms with van der Waals surface area (Å²) in [6.07, 6.45) is -25.4. The number of halogens is 3. The third-order valence-corrected chi connectivity index (χ3v) is 23.8. The van der Waals surface area contributed by atoms with Gasteiger partial charge in [0.25, 0.3) is 0 Å². The van der Waals surface area contributed by atoms with Crippen molar-refractivity contribution in [1.82, 2.24) is 42.5 Å². The molecule has 1 fully saturated rings. The molecule has 42 heteroatoms.